The molecule has 0 aliphatic carbocycles. The zero-order chi connectivity index (χ0) is 21.3. The van der Waals surface area contributed by atoms with Gasteiger partial charge in [0.1, 0.15) is 0 Å². The van der Waals surface area contributed by atoms with Crippen LogP contribution < -0.4 is 15.4 Å². The molecule has 0 amide bonds. The molecule has 0 heterocycles. The van der Waals surface area contributed by atoms with Crippen molar-refractivity contribution < 1.29 is 8.42 Å². The summed E-state index contributed by atoms with van der Waals surface area (Å²) < 4.78 is 25.9. The first kappa shape index (κ1) is 23.3. The number of thioether (sulfide) groups is 1. The molecule has 2 aromatic carbocycles. The zero-order valence-electron chi connectivity index (χ0n) is 17.5. The molecule has 0 spiro atoms. The summed E-state index contributed by atoms with van der Waals surface area (Å²) in [6.45, 7) is 6.03. The fraction of sp³-hybridized carbons (Fsp3) is 0.381. The summed E-state index contributed by atoms with van der Waals surface area (Å²) in [5, 5.41) is 6.64. The Morgan fingerprint density at radius 1 is 1.10 bits per heavy atom. The van der Waals surface area contributed by atoms with E-state index in [-0.39, 0.29) is 5.75 Å². The van der Waals surface area contributed by atoms with Crippen LogP contribution in [-0.2, 0) is 28.9 Å². The van der Waals surface area contributed by atoms with Crippen LogP contribution in [0, 0.1) is 6.92 Å². The average Bonchev–Trinajstić information content (AvgIpc) is 2.70. The Bertz CT molecular complexity index is 943. The molecule has 2 aromatic rings. The zero-order valence-corrected chi connectivity index (χ0v) is 19.1. The third-order valence-electron chi connectivity index (χ3n) is 4.31. The van der Waals surface area contributed by atoms with E-state index in [1.54, 1.807) is 11.8 Å². The Hall–Kier alpha value is -2.03. The van der Waals surface area contributed by atoms with Crippen molar-refractivity contribution in [1.82, 2.24) is 15.4 Å². The minimum absolute atomic E-state index is 0.0374. The lowest BCUT2D eigenvalue weighted by Crippen LogP contribution is -2.36. The summed E-state index contributed by atoms with van der Waals surface area (Å²) in [6, 6.07) is 14.0. The third kappa shape index (κ3) is 7.72. The normalized spacial score (nSPS) is 12.1. The van der Waals surface area contributed by atoms with Crippen molar-refractivity contribution in [2.75, 3.05) is 19.8 Å². The number of aliphatic imine (C=N–C) groups is 1. The van der Waals surface area contributed by atoms with Gasteiger partial charge < -0.3 is 10.6 Å². The van der Waals surface area contributed by atoms with Gasteiger partial charge in [-0.1, -0.05) is 36.4 Å². The van der Waals surface area contributed by atoms with E-state index in [4.69, 9.17) is 0 Å². The Morgan fingerprint density at radius 2 is 1.86 bits per heavy atom. The molecule has 0 aromatic heterocycles. The SMILES string of the molecule is CCNC(=NCc1cccc(CS(=O)(=O)NC)c1)NCc1ccc(C)cc1SC. The highest BCUT2D eigenvalue weighted by molar-refractivity contribution is 7.98. The van der Waals surface area contributed by atoms with Gasteiger partial charge in [-0.2, -0.15) is 0 Å². The van der Waals surface area contributed by atoms with E-state index < -0.39 is 10.0 Å². The van der Waals surface area contributed by atoms with Gasteiger partial charge in [-0.25, -0.2) is 18.1 Å². The van der Waals surface area contributed by atoms with Crippen LogP contribution in [-0.4, -0.2) is 34.2 Å². The van der Waals surface area contributed by atoms with Crippen LogP contribution in [0.3, 0.4) is 0 Å². The molecule has 0 aliphatic heterocycles. The molecule has 0 atom stereocenters. The highest BCUT2D eigenvalue weighted by Gasteiger charge is 2.09. The number of hydrogen-bond acceptors (Lipinski definition) is 4. The van der Waals surface area contributed by atoms with Crippen molar-refractivity contribution in [3.8, 4) is 0 Å². The molecule has 8 heteroatoms. The van der Waals surface area contributed by atoms with Crippen LogP contribution in [0.5, 0.6) is 0 Å². The molecule has 0 radical (unpaired) electrons. The second-order valence-electron chi connectivity index (χ2n) is 6.65. The number of nitrogens with one attached hydrogen (secondary N) is 3. The van der Waals surface area contributed by atoms with E-state index in [2.05, 4.69) is 51.7 Å². The Labute approximate surface area is 178 Å². The highest BCUT2D eigenvalue weighted by Crippen LogP contribution is 2.21. The quantitative estimate of drug-likeness (QED) is 0.321. The number of aryl methyl sites for hydroxylation is 1. The predicted molar refractivity (Wildman–Crippen MR) is 123 cm³/mol. The molecular formula is C21H30N4O2S2. The van der Waals surface area contributed by atoms with Crippen LogP contribution in [0.15, 0.2) is 52.4 Å². The van der Waals surface area contributed by atoms with Crippen molar-refractivity contribution in [1.29, 1.82) is 0 Å². The molecule has 0 bridgehead atoms. The molecule has 158 valence electrons. The van der Waals surface area contributed by atoms with E-state index in [1.165, 1.54) is 23.1 Å². The second-order valence-corrected chi connectivity index (χ2v) is 9.42. The molecule has 0 fully saturated rings. The van der Waals surface area contributed by atoms with Crippen molar-refractivity contribution in [3.63, 3.8) is 0 Å². The molecule has 0 saturated heterocycles. The number of nitrogens with zero attached hydrogens (tertiary/aromatic N) is 1. The van der Waals surface area contributed by atoms with Gasteiger partial charge in [-0.05, 0) is 55.5 Å². The first-order valence-electron chi connectivity index (χ1n) is 9.51. The molecule has 0 saturated carbocycles. The monoisotopic (exact) mass is 434 g/mol. The van der Waals surface area contributed by atoms with Crippen molar-refractivity contribution in [2.24, 2.45) is 4.99 Å². The number of benzene rings is 2. The summed E-state index contributed by atoms with van der Waals surface area (Å²) in [6.07, 6.45) is 2.08. The average molecular weight is 435 g/mol. The minimum Gasteiger partial charge on any atom is -0.357 e. The number of hydrogen-bond donors (Lipinski definition) is 3. The molecule has 29 heavy (non-hydrogen) atoms. The molecular weight excluding hydrogens is 404 g/mol. The van der Waals surface area contributed by atoms with Gasteiger partial charge in [0.25, 0.3) is 0 Å². The van der Waals surface area contributed by atoms with Crippen LogP contribution in [0.1, 0.15) is 29.2 Å². The summed E-state index contributed by atoms with van der Waals surface area (Å²) in [4.78, 5) is 5.91. The fourth-order valence-electron chi connectivity index (χ4n) is 2.80. The number of sulfonamides is 1. The van der Waals surface area contributed by atoms with E-state index in [9.17, 15) is 8.42 Å². The lowest BCUT2D eigenvalue weighted by molar-refractivity contribution is 0.587. The predicted octanol–water partition coefficient (Wildman–Crippen LogP) is 3.02. The molecule has 2 rings (SSSR count). The summed E-state index contributed by atoms with van der Waals surface area (Å²) in [5.41, 5.74) is 4.19. The standard InChI is InChI=1S/C21H30N4O2S2/c1-5-23-21(25-14-19-10-9-16(2)11-20(19)28-4)24-13-17-7-6-8-18(12-17)15-29(26,27)22-3/h6-12,22H,5,13-15H2,1-4H3,(H2,23,24,25). The van der Waals surface area contributed by atoms with Crippen LogP contribution in [0.2, 0.25) is 0 Å². The van der Waals surface area contributed by atoms with Gasteiger partial charge in [-0.15, -0.1) is 11.8 Å². The van der Waals surface area contributed by atoms with Gasteiger partial charge in [0.15, 0.2) is 5.96 Å². The smallest absolute Gasteiger partial charge is 0.215 e. The molecule has 0 unspecified atom stereocenters. The lowest BCUT2D eigenvalue weighted by atomic mass is 10.1. The Balaban J connectivity index is 2.07. The molecule has 3 N–H and O–H groups in total. The number of guanidine groups is 1. The minimum atomic E-state index is -3.29. The third-order valence-corrected chi connectivity index (χ3v) is 6.47. The van der Waals surface area contributed by atoms with E-state index >= 15 is 0 Å². The van der Waals surface area contributed by atoms with Gasteiger partial charge in [0, 0.05) is 18.0 Å². The Morgan fingerprint density at radius 3 is 2.55 bits per heavy atom. The van der Waals surface area contributed by atoms with E-state index in [0.717, 1.165) is 23.6 Å². The molecule has 0 aliphatic rings. The van der Waals surface area contributed by atoms with Gasteiger partial charge in [0.05, 0.1) is 12.3 Å². The topological polar surface area (TPSA) is 82.6 Å². The van der Waals surface area contributed by atoms with Crippen molar-refractivity contribution in [3.05, 3.63) is 64.7 Å². The maximum absolute atomic E-state index is 11.8. The first-order valence-corrected chi connectivity index (χ1v) is 12.4. The largest absolute Gasteiger partial charge is 0.357 e. The van der Waals surface area contributed by atoms with Gasteiger partial charge >= 0.3 is 0 Å². The fourth-order valence-corrected chi connectivity index (χ4v) is 4.27. The van der Waals surface area contributed by atoms with Crippen LogP contribution >= 0.6 is 11.8 Å². The first-order chi connectivity index (χ1) is 13.9. The Kier molecular flexibility index (Phi) is 9.00. The van der Waals surface area contributed by atoms with Gasteiger partial charge in [-0.3, -0.25) is 0 Å². The van der Waals surface area contributed by atoms with Crippen LogP contribution in [0.25, 0.3) is 0 Å². The maximum atomic E-state index is 11.8. The van der Waals surface area contributed by atoms with Crippen molar-refractivity contribution in [2.45, 2.75) is 37.6 Å². The highest BCUT2D eigenvalue weighted by atomic mass is 32.2. The van der Waals surface area contributed by atoms with Crippen LogP contribution in [0.4, 0.5) is 0 Å². The molecule has 6 nitrogen and oxygen atoms in total. The number of rotatable bonds is 9. The lowest BCUT2D eigenvalue weighted by Gasteiger charge is -2.14. The summed E-state index contributed by atoms with van der Waals surface area (Å²) >= 11 is 1.74. The van der Waals surface area contributed by atoms with Gasteiger partial charge in [0.2, 0.25) is 10.0 Å². The summed E-state index contributed by atoms with van der Waals surface area (Å²) in [7, 11) is -1.87. The second kappa shape index (κ2) is 11.2. The van der Waals surface area contributed by atoms with Crippen molar-refractivity contribution >= 4 is 27.7 Å². The maximum Gasteiger partial charge on any atom is 0.215 e. The van der Waals surface area contributed by atoms with E-state index in [1.807, 2.05) is 31.2 Å². The summed E-state index contributed by atoms with van der Waals surface area (Å²) in [5.74, 6) is 0.693. The van der Waals surface area contributed by atoms with E-state index in [0.29, 0.717) is 13.1 Å².